The topological polar surface area (TPSA) is 82.9 Å². The Bertz CT molecular complexity index is 1310. The monoisotopic (exact) mass is 422 g/mol. The van der Waals surface area contributed by atoms with Gasteiger partial charge in [-0.05, 0) is 31.5 Å². The number of halogens is 1. The van der Waals surface area contributed by atoms with E-state index in [0.29, 0.717) is 10.6 Å². The van der Waals surface area contributed by atoms with Crippen LogP contribution in [0, 0.1) is 0 Å². The fourth-order valence-electron chi connectivity index (χ4n) is 3.13. The summed E-state index contributed by atoms with van der Waals surface area (Å²) < 4.78 is 8.03. The molecule has 0 N–H and O–H groups in total. The molecule has 2 aromatic heterocycles. The van der Waals surface area contributed by atoms with Gasteiger partial charge in [-0.1, -0.05) is 59.2 Å². The number of nitrogens with zero attached hydrogens (tertiary/aromatic N) is 4. The summed E-state index contributed by atoms with van der Waals surface area (Å²) in [6.45, 7) is 3.89. The predicted octanol–water partition coefficient (Wildman–Crippen LogP) is 4.01. The Morgan fingerprint density at radius 1 is 1.00 bits per heavy atom. The van der Waals surface area contributed by atoms with E-state index < -0.39 is 11.2 Å². The number of hydrogen-bond donors (Lipinski definition) is 0. The third-order valence-corrected chi connectivity index (χ3v) is 5.04. The molecule has 152 valence electrons. The molecule has 0 saturated carbocycles. The summed E-state index contributed by atoms with van der Waals surface area (Å²) in [4.78, 5) is 30.5. The van der Waals surface area contributed by atoms with Crippen molar-refractivity contribution in [1.82, 2.24) is 19.3 Å². The van der Waals surface area contributed by atoms with Crippen LogP contribution in [0.1, 0.15) is 25.5 Å². The summed E-state index contributed by atoms with van der Waals surface area (Å²) in [5.74, 6) is 0.304. The molecule has 4 rings (SSSR count). The van der Waals surface area contributed by atoms with Crippen molar-refractivity contribution in [1.29, 1.82) is 0 Å². The van der Waals surface area contributed by atoms with E-state index in [1.54, 1.807) is 24.3 Å². The second-order valence-corrected chi connectivity index (χ2v) is 7.51. The average molecular weight is 423 g/mol. The molecule has 0 unspecified atom stereocenters. The molecule has 2 heterocycles. The Labute approximate surface area is 177 Å². The number of hydrogen-bond acceptors (Lipinski definition) is 5. The lowest BCUT2D eigenvalue weighted by molar-refractivity contribution is 0.432. The van der Waals surface area contributed by atoms with Gasteiger partial charge in [0.25, 0.3) is 11.4 Å². The summed E-state index contributed by atoms with van der Waals surface area (Å²) in [7, 11) is 0. The number of rotatable bonds is 5. The first-order chi connectivity index (χ1) is 14.5. The molecule has 0 fully saturated rings. The predicted molar refractivity (Wildman–Crippen MR) is 115 cm³/mol. The van der Waals surface area contributed by atoms with Crippen LogP contribution in [0.15, 0.2) is 74.9 Å². The summed E-state index contributed by atoms with van der Waals surface area (Å²) >= 11 is 6.21. The van der Waals surface area contributed by atoms with E-state index in [0.717, 1.165) is 5.56 Å². The second kappa shape index (κ2) is 8.12. The van der Waals surface area contributed by atoms with Crippen molar-refractivity contribution in [2.75, 3.05) is 0 Å². The fraction of sp³-hybridized carbons (Fsp3) is 0.182. The molecule has 0 atom stereocenters. The lowest BCUT2D eigenvalue weighted by atomic mass is 10.2. The molecular weight excluding hydrogens is 404 g/mol. The SMILES string of the molecule is CC(C)n1cc(-c2noc(-c3ccccc3Cl)n2)c(=O)n(Cc2ccccc2)c1=O. The van der Waals surface area contributed by atoms with Gasteiger partial charge in [-0.15, -0.1) is 0 Å². The fourth-order valence-corrected chi connectivity index (χ4v) is 3.34. The van der Waals surface area contributed by atoms with Crippen LogP contribution in [0.5, 0.6) is 0 Å². The first kappa shape index (κ1) is 19.8. The van der Waals surface area contributed by atoms with Gasteiger partial charge in [-0.3, -0.25) is 13.9 Å². The van der Waals surface area contributed by atoms with Crippen LogP contribution >= 0.6 is 11.6 Å². The summed E-state index contributed by atoms with van der Waals surface area (Å²) in [5, 5.41) is 4.43. The molecule has 0 radical (unpaired) electrons. The van der Waals surface area contributed by atoms with E-state index in [4.69, 9.17) is 16.1 Å². The highest BCUT2D eigenvalue weighted by Crippen LogP contribution is 2.27. The lowest BCUT2D eigenvalue weighted by Gasteiger charge is -2.14. The molecule has 0 aliphatic heterocycles. The molecule has 0 bridgehead atoms. The Kier molecular flexibility index (Phi) is 5.37. The maximum atomic E-state index is 13.2. The molecule has 0 saturated heterocycles. The summed E-state index contributed by atoms with van der Waals surface area (Å²) in [6, 6.07) is 16.2. The van der Waals surface area contributed by atoms with Gasteiger partial charge >= 0.3 is 5.69 Å². The van der Waals surface area contributed by atoms with Gasteiger partial charge in [0.05, 0.1) is 17.1 Å². The van der Waals surface area contributed by atoms with E-state index in [1.807, 2.05) is 44.2 Å². The van der Waals surface area contributed by atoms with Crippen LogP contribution in [0.4, 0.5) is 0 Å². The molecule has 8 heteroatoms. The second-order valence-electron chi connectivity index (χ2n) is 7.11. The largest absolute Gasteiger partial charge is 0.334 e. The maximum Gasteiger partial charge on any atom is 0.331 e. The van der Waals surface area contributed by atoms with Crippen molar-refractivity contribution >= 4 is 11.6 Å². The highest BCUT2D eigenvalue weighted by atomic mass is 35.5. The van der Waals surface area contributed by atoms with Gasteiger partial charge in [-0.25, -0.2) is 4.79 Å². The molecule has 0 amide bonds. The zero-order valence-electron chi connectivity index (χ0n) is 16.4. The average Bonchev–Trinajstić information content (AvgIpc) is 3.21. The Balaban J connectivity index is 1.86. The minimum absolute atomic E-state index is 0.103. The van der Waals surface area contributed by atoms with E-state index >= 15 is 0 Å². The maximum absolute atomic E-state index is 13.2. The van der Waals surface area contributed by atoms with Gasteiger partial charge in [0.2, 0.25) is 5.82 Å². The van der Waals surface area contributed by atoms with Crippen molar-refractivity contribution in [2.45, 2.75) is 26.4 Å². The van der Waals surface area contributed by atoms with Crippen molar-refractivity contribution in [3.05, 3.63) is 92.2 Å². The first-order valence-electron chi connectivity index (χ1n) is 9.44. The van der Waals surface area contributed by atoms with Gasteiger partial charge in [0, 0.05) is 12.2 Å². The normalized spacial score (nSPS) is 11.2. The summed E-state index contributed by atoms with van der Waals surface area (Å²) in [6.07, 6.45) is 1.48. The molecular formula is C22H19ClN4O3. The molecule has 30 heavy (non-hydrogen) atoms. The Morgan fingerprint density at radius 3 is 2.40 bits per heavy atom. The number of aromatic nitrogens is 4. The van der Waals surface area contributed by atoms with E-state index in [-0.39, 0.29) is 29.9 Å². The van der Waals surface area contributed by atoms with Crippen LogP contribution in [0.3, 0.4) is 0 Å². The molecule has 2 aromatic carbocycles. The van der Waals surface area contributed by atoms with Crippen LogP contribution in [-0.2, 0) is 6.54 Å². The van der Waals surface area contributed by atoms with E-state index in [9.17, 15) is 9.59 Å². The molecule has 4 aromatic rings. The van der Waals surface area contributed by atoms with Crippen LogP contribution in [0.25, 0.3) is 22.8 Å². The van der Waals surface area contributed by atoms with Crippen LogP contribution in [0.2, 0.25) is 5.02 Å². The highest BCUT2D eigenvalue weighted by molar-refractivity contribution is 6.33. The van der Waals surface area contributed by atoms with Crippen molar-refractivity contribution < 1.29 is 4.52 Å². The lowest BCUT2D eigenvalue weighted by Crippen LogP contribution is -2.41. The zero-order chi connectivity index (χ0) is 21.3. The van der Waals surface area contributed by atoms with E-state index in [1.165, 1.54) is 15.3 Å². The van der Waals surface area contributed by atoms with Crippen molar-refractivity contribution in [3.63, 3.8) is 0 Å². The van der Waals surface area contributed by atoms with Gasteiger partial charge in [0.15, 0.2) is 0 Å². The third kappa shape index (κ3) is 3.71. The third-order valence-electron chi connectivity index (χ3n) is 4.71. The Hall–Kier alpha value is -3.45. The molecule has 0 aliphatic rings. The first-order valence-corrected chi connectivity index (χ1v) is 9.82. The zero-order valence-corrected chi connectivity index (χ0v) is 17.2. The quantitative estimate of drug-likeness (QED) is 0.485. The molecule has 7 nitrogen and oxygen atoms in total. The Morgan fingerprint density at radius 2 is 1.70 bits per heavy atom. The molecule has 0 spiro atoms. The van der Waals surface area contributed by atoms with Crippen molar-refractivity contribution in [2.24, 2.45) is 0 Å². The van der Waals surface area contributed by atoms with Crippen LogP contribution in [-0.4, -0.2) is 19.3 Å². The van der Waals surface area contributed by atoms with E-state index in [2.05, 4.69) is 10.1 Å². The van der Waals surface area contributed by atoms with Crippen molar-refractivity contribution in [3.8, 4) is 22.8 Å². The minimum atomic E-state index is -0.479. The van der Waals surface area contributed by atoms with Gasteiger partial charge in [-0.2, -0.15) is 4.98 Å². The standard InChI is InChI=1S/C22H19ClN4O3/c1-14(2)26-13-17(19-24-20(30-25-19)16-10-6-7-11-18(16)23)21(28)27(22(26)29)12-15-8-4-3-5-9-15/h3-11,13-14H,12H2,1-2H3. The smallest absolute Gasteiger partial charge is 0.331 e. The minimum Gasteiger partial charge on any atom is -0.334 e. The van der Waals surface area contributed by atoms with Gasteiger partial charge < -0.3 is 4.52 Å². The number of benzene rings is 2. The van der Waals surface area contributed by atoms with Crippen LogP contribution < -0.4 is 11.2 Å². The molecule has 0 aliphatic carbocycles. The van der Waals surface area contributed by atoms with Gasteiger partial charge in [0.1, 0.15) is 5.56 Å². The summed E-state index contributed by atoms with van der Waals surface area (Å²) in [5.41, 5.74) is 0.722. The highest BCUT2D eigenvalue weighted by Gasteiger charge is 2.20.